The number of carbonyl (C=O) groups is 2. The van der Waals surface area contributed by atoms with E-state index in [4.69, 9.17) is 14.6 Å². The van der Waals surface area contributed by atoms with E-state index in [1.165, 1.54) is 18.0 Å². The Hall–Kier alpha value is -4.22. The summed E-state index contributed by atoms with van der Waals surface area (Å²) in [6.45, 7) is 0.367. The van der Waals surface area contributed by atoms with Gasteiger partial charge in [0.25, 0.3) is 5.03 Å². The van der Waals surface area contributed by atoms with Crippen LogP contribution in [0.3, 0.4) is 0 Å². The topological polar surface area (TPSA) is 132 Å². The van der Waals surface area contributed by atoms with Crippen LogP contribution in [0.5, 0.6) is 0 Å². The summed E-state index contributed by atoms with van der Waals surface area (Å²) < 4.78 is 13.8. The molecule has 0 bridgehead atoms. The third kappa shape index (κ3) is 9.40. The van der Waals surface area contributed by atoms with Gasteiger partial charge in [-0.3, -0.25) is 9.59 Å². The second kappa shape index (κ2) is 16.4. The van der Waals surface area contributed by atoms with Crippen LogP contribution in [0.15, 0.2) is 102 Å². The van der Waals surface area contributed by atoms with Crippen LogP contribution in [0.4, 0.5) is 0 Å². The minimum absolute atomic E-state index is 0.0247. The van der Waals surface area contributed by atoms with Gasteiger partial charge in [0.05, 0.1) is 18.8 Å². The standard InChI is InChI=1S/C36H38N2O7S/c39-23-25-11-13-28(14-12-25)32-21-31(24-46-34-9-3-4-19-38(34)43)44-36(45-32)29-17-15-27(16-18-29)30-7-5-6-26(20-30)22-37-33(40)8-1-2-10-35(41)42/h3-7,9,11-20,31-32,36,39H,1-2,8,10,21-24H2,(H,37,40)(H,41,42)/t31-,32+,36+/m0/s1. The normalized spacial score (nSPS) is 17.8. The lowest BCUT2D eigenvalue weighted by Crippen LogP contribution is -2.32. The van der Waals surface area contributed by atoms with E-state index in [1.54, 1.807) is 12.1 Å². The molecule has 1 aliphatic rings. The van der Waals surface area contributed by atoms with Gasteiger partial charge in [-0.15, -0.1) is 0 Å². The van der Waals surface area contributed by atoms with Gasteiger partial charge in [0.1, 0.15) is 0 Å². The second-order valence-corrected chi connectivity index (χ2v) is 12.3. The maximum absolute atomic E-state index is 12.2. The van der Waals surface area contributed by atoms with Crippen LogP contribution in [-0.4, -0.2) is 33.9 Å². The number of carboxylic acid groups (broad SMARTS) is 1. The fraction of sp³-hybridized carbons (Fsp3) is 0.306. The predicted molar refractivity (Wildman–Crippen MR) is 174 cm³/mol. The number of aliphatic carboxylic acids is 1. The molecule has 0 unspecified atom stereocenters. The minimum atomic E-state index is -0.848. The molecule has 1 fully saturated rings. The molecule has 10 heteroatoms. The number of rotatable bonds is 14. The zero-order chi connectivity index (χ0) is 32.3. The van der Waals surface area contributed by atoms with E-state index < -0.39 is 12.3 Å². The first-order chi connectivity index (χ1) is 22.4. The van der Waals surface area contributed by atoms with Crippen LogP contribution >= 0.6 is 11.8 Å². The van der Waals surface area contributed by atoms with Crippen LogP contribution in [0.25, 0.3) is 11.1 Å². The summed E-state index contributed by atoms with van der Waals surface area (Å²) in [4.78, 5) is 22.8. The summed E-state index contributed by atoms with van der Waals surface area (Å²) in [6.07, 6.45) is 2.51. The number of unbranched alkanes of at least 4 members (excludes halogenated alkanes) is 1. The third-order valence-electron chi connectivity index (χ3n) is 7.80. The Morgan fingerprint density at radius 1 is 0.870 bits per heavy atom. The van der Waals surface area contributed by atoms with Crippen molar-refractivity contribution in [1.82, 2.24) is 5.32 Å². The lowest BCUT2D eigenvalue weighted by atomic mass is 9.99. The first-order valence-corrected chi connectivity index (χ1v) is 16.4. The molecule has 4 aromatic rings. The van der Waals surface area contributed by atoms with Gasteiger partial charge in [0.2, 0.25) is 5.91 Å². The summed E-state index contributed by atoms with van der Waals surface area (Å²) in [5, 5.41) is 34.0. The highest BCUT2D eigenvalue weighted by atomic mass is 32.2. The quantitative estimate of drug-likeness (QED) is 0.0653. The highest BCUT2D eigenvalue weighted by Crippen LogP contribution is 2.39. The second-order valence-electron chi connectivity index (χ2n) is 11.2. The molecule has 240 valence electrons. The Balaban J connectivity index is 1.25. The third-order valence-corrected chi connectivity index (χ3v) is 8.95. The molecular weight excluding hydrogens is 604 g/mol. The summed E-state index contributed by atoms with van der Waals surface area (Å²) in [5.74, 6) is -0.358. The summed E-state index contributed by atoms with van der Waals surface area (Å²) >= 11 is 1.46. The smallest absolute Gasteiger partial charge is 0.303 e. The van der Waals surface area contributed by atoms with Crippen LogP contribution < -0.4 is 10.0 Å². The average Bonchev–Trinajstić information content (AvgIpc) is 3.09. The van der Waals surface area contributed by atoms with Crippen LogP contribution in [-0.2, 0) is 32.2 Å². The molecule has 3 atom stereocenters. The van der Waals surface area contributed by atoms with Gasteiger partial charge >= 0.3 is 5.97 Å². The summed E-state index contributed by atoms with van der Waals surface area (Å²) in [7, 11) is 0. The van der Waals surface area contributed by atoms with Crippen molar-refractivity contribution in [3.8, 4) is 11.1 Å². The number of nitrogens with one attached hydrogen (secondary N) is 1. The Morgan fingerprint density at radius 2 is 1.63 bits per heavy atom. The molecule has 3 N–H and O–H groups in total. The van der Waals surface area contributed by atoms with Crippen molar-refractivity contribution >= 4 is 23.6 Å². The number of hydrogen-bond acceptors (Lipinski definition) is 7. The van der Waals surface area contributed by atoms with Crippen molar-refractivity contribution in [3.05, 3.63) is 125 Å². The van der Waals surface area contributed by atoms with Gasteiger partial charge in [-0.05, 0) is 52.8 Å². The van der Waals surface area contributed by atoms with Crippen molar-refractivity contribution in [1.29, 1.82) is 0 Å². The van der Waals surface area contributed by atoms with Gasteiger partial charge in [-0.2, -0.15) is 4.73 Å². The molecule has 1 amide bonds. The van der Waals surface area contributed by atoms with Gasteiger partial charge in [0, 0.05) is 49.3 Å². The van der Waals surface area contributed by atoms with Crippen LogP contribution in [0, 0.1) is 5.21 Å². The van der Waals surface area contributed by atoms with Gasteiger partial charge < -0.3 is 30.2 Å². The average molecular weight is 643 g/mol. The number of benzene rings is 3. The van der Waals surface area contributed by atoms with E-state index in [0.717, 1.165) is 38.1 Å². The molecule has 9 nitrogen and oxygen atoms in total. The van der Waals surface area contributed by atoms with E-state index in [1.807, 2.05) is 78.9 Å². The van der Waals surface area contributed by atoms with Gasteiger partial charge in [0.15, 0.2) is 12.5 Å². The van der Waals surface area contributed by atoms with Crippen molar-refractivity contribution in [3.63, 3.8) is 0 Å². The van der Waals surface area contributed by atoms with Gasteiger partial charge in [-0.1, -0.05) is 78.5 Å². The molecule has 0 aliphatic carbocycles. The monoisotopic (exact) mass is 642 g/mol. The molecule has 3 aromatic carbocycles. The molecule has 0 saturated carbocycles. The van der Waals surface area contributed by atoms with E-state index >= 15 is 0 Å². The fourth-order valence-electron chi connectivity index (χ4n) is 5.27. The predicted octanol–water partition coefficient (Wildman–Crippen LogP) is 6.08. The number of nitrogens with zero attached hydrogens (tertiary/aromatic N) is 1. The maximum Gasteiger partial charge on any atom is 0.303 e. The molecular formula is C36H38N2O7S. The first-order valence-electron chi connectivity index (χ1n) is 15.4. The van der Waals surface area contributed by atoms with E-state index in [9.17, 15) is 19.9 Å². The molecule has 46 heavy (non-hydrogen) atoms. The number of aromatic nitrogens is 1. The molecule has 1 aromatic heterocycles. The van der Waals surface area contributed by atoms with Gasteiger partial charge in [-0.25, -0.2) is 0 Å². The molecule has 0 spiro atoms. The summed E-state index contributed by atoms with van der Waals surface area (Å²) in [5.41, 5.74) is 5.69. The summed E-state index contributed by atoms with van der Waals surface area (Å²) in [6, 6.07) is 29.1. The lowest BCUT2D eigenvalue weighted by molar-refractivity contribution is -0.645. The number of thioether (sulfide) groups is 1. The highest BCUT2D eigenvalue weighted by molar-refractivity contribution is 7.99. The molecule has 2 heterocycles. The van der Waals surface area contributed by atoms with Crippen molar-refractivity contribution in [2.75, 3.05) is 5.75 Å². The Bertz CT molecular complexity index is 1600. The molecule has 1 aliphatic heterocycles. The largest absolute Gasteiger partial charge is 0.618 e. The Morgan fingerprint density at radius 3 is 2.37 bits per heavy atom. The Kier molecular flexibility index (Phi) is 11.8. The number of amides is 1. The Labute approximate surface area is 272 Å². The zero-order valence-corrected chi connectivity index (χ0v) is 26.2. The maximum atomic E-state index is 12.2. The molecule has 1 saturated heterocycles. The van der Waals surface area contributed by atoms with E-state index in [0.29, 0.717) is 43.0 Å². The number of aliphatic hydroxyl groups is 1. The number of carboxylic acids is 1. The van der Waals surface area contributed by atoms with E-state index in [-0.39, 0.29) is 31.1 Å². The van der Waals surface area contributed by atoms with Crippen LogP contribution in [0.2, 0.25) is 0 Å². The minimum Gasteiger partial charge on any atom is -0.618 e. The number of ether oxygens (including phenoxy) is 2. The van der Waals surface area contributed by atoms with Crippen LogP contribution in [0.1, 0.15) is 66.8 Å². The number of aliphatic hydroxyl groups excluding tert-OH is 1. The SMILES string of the molecule is O=C(O)CCCCC(=O)NCc1cccc(-c2ccc([C@@H]3O[C@H](CSc4cccc[n+]4[O-])C[C@H](c4ccc(CO)cc4)O3)cc2)c1. The number of hydrogen-bond donors (Lipinski definition) is 3. The van der Waals surface area contributed by atoms with Crippen molar-refractivity contribution in [2.45, 2.75) is 68.8 Å². The zero-order valence-electron chi connectivity index (χ0n) is 25.4. The highest BCUT2D eigenvalue weighted by Gasteiger charge is 2.32. The fourth-order valence-corrected chi connectivity index (χ4v) is 6.20. The number of pyridine rings is 1. The molecule has 0 radical (unpaired) electrons. The van der Waals surface area contributed by atoms with Crippen molar-refractivity contribution < 1.29 is 34.0 Å². The number of carbonyl (C=O) groups excluding carboxylic acids is 1. The molecule has 5 rings (SSSR count). The first kappa shape index (κ1) is 33.2. The lowest BCUT2D eigenvalue weighted by Gasteiger charge is -2.36. The van der Waals surface area contributed by atoms with Crippen molar-refractivity contribution in [2.24, 2.45) is 0 Å². The van der Waals surface area contributed by atoms with E-state index in [2.05, 4.69) is 5.32 Å².